The zero-order valence-electron chi connectivity index (χ0n) is 12.9. The van der Waals surface area contributed by atoms with Crippen molar-refractivity contribution < 1.29 is 32.5 Å². The topological polar surface area (TPSA) is 108 Å². The molecule has 1 rings (SSSR count). The smallest absolute Gasteiger partial charge is 0.358 e. The van der Waals surface area contributed by atoms with E-state index in [2.05, 4.69) is 0 Å². The fraction of sp³-hybridized carbons (Fsp3) is 0.500. The monoisotopic (exact) mass is 353 g/mol. The van der Waals surface area contributed by atoms with Gasteiger partial charge in [0.05, 0.1) is 22.0 Å². The third-order valence-electron chi connectivity index (χ3n) is 3.12. The van der Waals surface area contributed by atoms with Gasteiger partial charge in [-0.15, -0.1) is 0 Å². The summed E-state index contributed by atoms with van der Waals surface area (Å²) in [5.74, 6) is 0. The summed E-state index contributed by atoms with van der Waals surface area (Å²) in [7, 11) is 3.79. The van der Waals surface area contributed by atoms with Crippen molar-refractivity contribution in [2.45, 2.75) is 12.5 Å². The van der Waals surface area contributed by atoms with E-state index in [-0.39, 0.29) is 18.7 Å². The molecule has 9 nitrogen and oxygen atoms in total. The predicted molar refractivity (Wildman–Crippen MR) is 75.8 cm³/mol. The van der Waals surface area contributed by atoms with Crippen LogP contribution in [0, 0.1) is 20.2 Å². The van der Waals surface area contributed by atoms with Crippen molar-refractivity contribution in [1.82, 2.24) is 0 Å². The third-order valence-corrected chi connectivity index (χ3v) is 3.12. The molecule has 134 valence electrons. The van der Waals surface area contributed by atoms with Crippen LogP contribution in [0.15, 0.2) is 12.1 Å². The number of likely N-dealkylation sites (N-methyl/N-ethyl adjacent to an activating group) is 1. The molecule has 0 bridgehead atoms. The fourth-order valence-corrected chi connectivity index (χ4v) is 2.00. The van der Waals surface area contributed by atoms with Crippen LogP contribution in [-0.2, 0) is 15.7 Å². The maximum Gasteiger partial charge on any atom is 0.416 e. The maximum atomic E-state index is 12.8. The number of methoxy groups -OCH3 is 2. The molecule has 0 aliphatic rings. The summed E-state index contributed by atoms with van der Waals surface area (Å²) in [5.41, 5.74) is -4.12. The number of alkyl halides is 3. The first-order chi connectivity index (χ1) is 11.0. The van der Waals surface area contributed by atoms with E-state index in [1.165, 1.54) is 21.3 Å². The van der Waals surface area contributed by atoms with Gasteiger partial charge in [0.2, 0.25) is 0 Å². The molecule has 12 heteroatoms. The van der Waals surface area contributed by atoms with Crippen molar-refractivity contribution >= 4 is 17.1 Å². The molecule has 0 aliphatic carbocycles. The Labute approximate surface area is 133 Å². The van der Waals surface area contributed by atoms with Crippen LogP contribution in [0.5, 0.6) is 0 Å². The lowest BCUT2D eigenvalue weighted by Gasteiger charge is -2.23. The normalized spacial score (nSPS) is 11.6. The SMILES string of the molecule is COC(CN(C)c1c([N+](=O)[O-])cc(C(F)(F)F)cc1[N+](=O)[O-])OC. The van der Waals surface area contributed by atoms with Crippen LogP contribution in [0.1, 0.15) is 5.56 Å². The minimum Gasteiger partial charge on any atom is -0.358 e. The molecule has 0 heterocycles. The van der Waals surface area contributed by atoms with Gasteiger partial charge in [0.15, 0.2) is 12.0 Å². The molecule has 1 aromatic carbocycles. The molecule has 0 atom stereocenters. The molecule has 0 amide bonds. The van der Waals surface area contributed by atoms with Gasteiger partial charge in [0.1, 0.15) is 0 Å². The lowest BCUT2D eigenvalue weighted by molar-refractivity contribution is -0.393. The molecule has 0 saturated carbocycles. The first kappa shape index (κ1) is 19.6. The molecule has 24 heavy (non-hydrogen) atoms. The van der Waals surface area contributed by atoms with E-state index >= 15 is 0 Å². The van der Waals surface area contributed by atoms with Gasteiger partial charge in [0, 0.05) is 33.4 Å². The van der Waals surface area contributed by atoms with Crippen LogP contribution in [-0.4, -0.2) is 43.9 Å². The summed E-state index contributed by atoms with van der Waals surface area (Å²) in [4.78, 5) is 21.1. The minimum absolute atomic E-state index is 0.181. The Morgan fingerprint density at radius 3 is 1.83 bits per heavy atom. The standard InChI is InChI=1S/C12H14F3N3O6/c1-16(6-10(23-2)24-3)11-8(17(19)20)4-7(12(13,14)15)5-9(11)18(21)22/h4-5,10H,6H2,1-3H3. The average Bonchev–Trinajstić information content (AvgIpc) is 2.49. The molecule has 0 aliphatic heterocycles. The highest BCUT2D eigenvalue weighted by molar-refractivity contribution is 5.76. The van der Waals surface area contributed by atoms with Crippen molar-refractivity contribution in [3.05, 3.63) is 37.9 Å². The highest BCUT2D eigenvalue weighted by Gasteiger charge is 2.38. The van der Waals surface area contributed by atoms with E-state index < -0.39 is 44.9 Å². The van der Waals surface area contributed by atoms with E-state index in [1.54, 1.807) is 0 Å². The predicted octanol–water partition coefficient (Wildman–Crippen LogP) is 2.58. The molecule has 0 aromatic heterocycles. The van der Waals surface area contributed by atoms with Crippen molar-refractivity contribution in [1.29, 1.82) is 0 Å². The number of ether oxygens (including phenoxy) is 2. The number of nitrogens with zero attached hydrogens (tertiary/aromatic N) is 3. The van der Waals surface area contributed by atoms with Gasteiger partial charge >= 0.3 is 6.18 Å². The van der Waals surface area contributed by atoms with E-state index in [0.29, 0.717) is 0 Å². The zero-order chi connectivity index (χ0) is 18.7. The number of anilines is 1. The second-order valence-corrected chi connectivity index (χ2v) is 4.66. The molecule has 0 saturated heterocycles. The van der Waals surface area contributed by atoms with Gasteiger partial charge in [-0.05, 0) is 0 Å². The Morgan fingerprint density at radius 1 is 1.12 bits per heavy atom. The molecular formula is C12H14F3N3O6. The van der Waals surface area contributed by atoms with E-state index in [9.17, 15) is 33.4 Å². The van der Waals surface area contributed by atoms with E-state index in [4.69, 9.17) is 9.47 Å². The van der Waals surface area contributed by atoms with Crippen molar-refractivity contribution in [3.63, 3.8) is 0 Å². The zero-order valence-corrected chi connectivity index (χ0v) is 12.9. The van der Waals surface area contributed by atoms with Gasteiger partial charge in [-0.25, -0.2) is 0 Å². The minimum atomic E-state index is -4.96. The Bertz CT molecular complexity index is 598. The molecule has 0 unspecified atom stereocenters. The molecule has 0 fully saturated rings. The van der Waals surface area contributed by atoms with Crippen LogP contribution < -0.4 is 4.90 Å². The van der Waals surface area contributed by atoms with Gasteiger partial charge in [0.25, 0.3) is 11.4 Å². The summed E-state index contributed by atoms with van der Waals surface area (Å²) in [5, 5.41) is 22.3. The molecule has 0 spiro atoms. The van der Waals surface area contributed by atoms with E-state index in [0.717, 1.165) is 4.90 Å². The van der Waals surface area contributed by atoms with E-state index in [1.807, 2.05) is 0 Å². The van der Waals surface area contributed by atoms with Crippen molar-refractivity contribution in [3.8, 4) is 0 Å². The number of rotatable bonds is 7. The van der Waals surface area contributed by atoms with Crippen molar-refractivity contribution in [2.75, 3.05) is 32.7 Å². The van der Waals surface area contributed by atoms with Crippen molar-refractivity contribution in [2.24, 2.45) is 0 Å². The molecule has 1 aromatic rings. The largest absolute Gasteiger partial charge is 0.416 e. The first-order valence-electron chi connectivity index (χ1n) is 6.33. The number of halogens is 3. The van der Waals surface area contributed by atoms with Gasteiger partial charge in [-0.1, -0.05) is 0 Å². The van der Waals surface area contributed by atoms with Gasteiger partial charge in [-0.3, -0.25) is 20.2 Å². The summed E-state index contributed by atoms with van der Waals surface area (Å²) in [6.45, 7) is -0.181. The number of hydrogen-bond donors (Lipinski definition) is 0. The Balaban J connectivity index is 3.56. The fourth-order valence-electron chi connectivity index (χ4n) is 2.00. The summed E-state index contributed by atoms with van der Waals surface area (Å²) in [6, 6.07) is 0.515. The number of nitro benzene ring substituents is 2. The van der Waals surface area contributed by atoms with Crippen LogP contribution >= 0.6 is 0 Å². The highest BCUT2D eigenvalue weighted by Crippen LogP contribution is 2.42. The lowest BCUT2D eigenvalue weighted by Crippen LogP contribution is -2.32. The number of hydrogen-bond acceptors (Lipinski definition) is 7. The number of nitro groups is 2. The summed E-state index contributed by atoms with van der Waals surface area (Å²) >= 11 is 0. The second-order valence-electron chi connectivity index (χ2n) is 4.66. The maximum absolute atomic E-state index is 12.8. The van der Waals surface area contributed by atoms with Crippen LogP contribution in [0.3, 0.4) is 0 Å². The molecule has 0 radical (unpaired) electrons. The van der Waals surface area contributed by atoms with Gasteiger partial charge < -0.3 is 14.4 Å². The number of benzene rings is 1. The first-order valence-corrected chi connectivity index (χ1v) is 6.33. The Morgan fingerprint density at radius 2 is 1.54 bits per heavy atom. The quantitative estimate of drug-likeness (QED) is 0.421. The molecular weight excluding hydrogens is 339 g/mol. The van der Waals surface area contributed by atoms with Crippen LogP contribution in [0.2, 0.25) is 0 Å². The van der Waals surface area contributed by atoms with Crippen LogP contribution in [0.25, 0.3) is 0 Å². The Kier molecular flexibility index (Phi) is 6.04. The Hall–Kier alpha value is -2.47. The third kappa shape index (κ3) is 4.29. The summed E-state index contributed by atoms with van der Waals surface area (Å²) in [6.07, 6.45) is -5.86. The van der Waals surface area contributed by atoms with Crippen LogP contribution in [0.4, 0.5) is 30.2 Å². The molecule has 0 N–H and O–H groups in total. The highest BCUT2D eigenvalue weighted by atomic mass is 19.4. The second kappa shape index (κ2) is 7.40. The average molecular weight is 353 g/mol. The van der Waals surface area contributed by atoms with Gasteiger partial charge in [-0.2, -0.15) is 13.2 Å². The summed E-state index contributed by atoms with van der Waals surface area (Å²) < 4.78 is 48.3. The lowest BCUT2D eigenvalue weighted by atomic mass is 10.1.